The van der Waals surface area contributed by atoms with Crippen molar-refractivity contribution < 1.29 is 34.0 Å². The van der Waals surface area contributed by atoms with E-state index in [-0.39, 0.29) is 31.3 Å². The van der Waals surface area contributed by atoms with Gasteiger partial charge in [-0.3, -0.25) is 0 Å². The molecule has 4 aromatic rings. The number of likely N-dealkylation sites (tertiary alicyclic amines) is 1. The maximum Gasteiger partial charge on any atom is 0.328 e. The predicted octanol–water partition coefficient (Wildman–Crippen LogP) is 6.19. The second-order valence-corrected chi connectivity index (χ2v) is 14.4. The Morgan fingerprint density at radius 1 is 0.887 bits per heavy atom. The van der Waals surface area contributed by atoms with Crippen LogP contribution in [0.5, 0.6) is 0 Å². The predicted molar refractivity (Wildman–Crippen MR) is 202 cm³/mol. The molecule has 280 valence electrons. The standard InChI is InChI=1S/C42H48ClN3O7/c1-28-37(26-46-22-20-42(50,21-23-46)34-16-18-35(43)19-17-34)52-40(53-38(28)32-12-10-31(27-47)11-13-32)33-14-8-30(9-15-33)25-44-41(49)45-36(39(48)51-2)24-29-6-4-3-5-7-29/h3-19,28,36-38,40,47,50H,20-27H2,1-2H3,(H2,44,45,49)/t28-,36-,37+,38+,40+/m0/s1. The van der Waals surface area contributed by atoms with Crippen molar-refractivity contribution in [1.29, 1.82) is 0 Å². The summed E-state index contributed by atoms with van der Waals surface area (Å²) in [6.07, 6.45) is 0.454. The molecule has 10 nitrogen and oxygen atoms in total. The van der Waals surface area contributed by atoms with E-state index in [2.05, 4.69) is 22.5 Å². The summed E-state index contributed by atoms with van der Waals surface area (Å²) in [5, 5.41) is 27.3. The fourth-order valence-corrected chi connectivity index (χ4v) is 7.23. The van der Waals surface area contributed by atoms with Crippen molar-refractivity contribution in [3.63, 3.8) is 0 Å². The van der Waals surface area contributed by atoms with Crippen molar-refractivity contribution in [2.24, 2.45) is 5.92 Å². The fraction of sp³-hybridized carbons (Fsp3) is 0.381. The average molecular weight is 742 g/mol. The van der Waals surface area contributed by atoms with Gasteiger partial charge in [0.15, 0.2) is 6.29 Å². The Morgan fingerprint density at radius 2 is 1.53 bits per heavy atom. The largest absolute Gasteiger partial charge is 0.467 e. The lowest BCUT2D eigenvalue weighted by atomic mass is 9.84. The second kappa shape index (κ2) is 17.7. The Morgan fingerprint density at radius 3 is 2.17 bits per heavy atom. The molecule has 2 aliphatic heterocycles. The maximum atomic E-state index is 12.8. The topological polar surface area (TPSA) is 130 Å². The fourth-order valence-electron chi connectivity index (χ4n) is 7.11. The summed E-state index contributed by atoms with van der Waals surface area (Å²) >= 11 is 6.10. The molecule has 0 unspecified atom stereocenters. The first-order chi connectivity index (χ1) is 25.6. The zero-order chi connectivity index (χ0) is 37.4. The molecule has 0 spiro atoms. The van der Waals surface area contributed by atoms with Crippen molar-refractivity contribution in [1.82, 2.24) is 15.5 Å². The van der Waals surface area contributed by atoms with Gasteiger partial charge in [-0.1, -0.05) is 110 Å². The summed E-state index contributed by atoms with van der Waals surface area (Å²) in [4.78, 5) is 27.5. The SMILES string of the molecule is COC(=O)[C@H](Cc1ccccc1)NC(=O)NCc1ccc([C@@H]2O[C@H](CN3CCC(O)(c4ccc(Cl)cc4)CC3)[C@H](C)[C@H](c3ccc(CO)cc3)O2)cc1. The number of methoxy groups -OCH3 is 1. The lowest BCUT2D eigenvalue weighted by Crippen LogP contribution is -2.49. The molecule has 0 aromatic heterocycles. The van der Waals surface area contributed by atoms with Gasteiger partial charge in [0.1, 0.15) is 6.04 Å². The first-order valence-electron chi connectivity index (χ1n) is 18.1. The van der Waals surface area contributed by atoms with Gasteiger partial charge in [0.05, 0.1) is 31.5 Å². The number of aliphatic hydroxyl groups excluding tert-OH is 1. The molecule has 4 N–H and O–H groups in total. The van der Waals surface area contributed by atoms with Gasteiger partial charge in [-0.2, -0.15) is 0 Å². The van der Waals surface area contributed by atoms with E-state index in [9.17, 15) is 19.8 Å². The molecule has 2 fully saturated rings. The van der Waals surface area contributed by atoms with Crippen LogP contribution in [0.2, 0.25) is 5.02 Å². The van der Waals surface area contributed by atoms with Gasteiger partial charge >= 0.3 is 12.0 Å². The number of urea groups is 1. The molecule has 53 heavy (non-hydrogen) atoms. The number of halogens is 1. The molecule has 4 aromatic carbocycles. The number of ether oxygens (including phenoxy) is 3. The van der Waals surface area contributed by atoms with Gasteiger partial charge in [0.2, 0.25) is 0 Å². The summed E-state index contributed by atoms with van der Waals surface area (Å²) in [5.74, 6) is -0.503. The third-order valence-electron chi connectivity index (χ3n) is 10.4. The van der Waals surface area contributed by atoms with Crippen molar-refractivity contribution in [2.45, 2.75) is 69.5 Å². The molecule has 6 rings (SSSR count). The molecule has 0 saturated carbocycles. The van der Waals surface area contributed by atoms with E-state index in [0.717, 1.165) is 46.5 Å². The molecule has 2 amide bonds. The van der Waals surface area contributed by atoms with Gasteiger partial charge in [0, 0.05) is 49.1 Å². The normalized spacial score (nSPS) is 22.1. The lowest BCUT2D eigenvalue weighted by Gasteiger charge is -2.45. The zero-order valence-electron chi connectivity index (χ0n) is 30.1. The Bertz CT molecular complexity index is 1780. The first-order valence-corrected chi connectivity index (χ1v) is 18.5. The Hall–Kier alpha value is -4.29. The quantitative estimate of drug-likeness (QED) is 0.127. The molecule has 2 heterocycles. The van der Waals surface area contributed by atoms with Gasteiger partial charge in [-0.15, -0.1) is 0 Å². The van der Waals surface area contributed by atoms with E-state index in [1.54, 1.807) is 0 Å². The van der Waals surface area contributed by atoms with Crippen LogP contribution in [0.25, 0.3) is 0 Å². The maximum absolute atomic E-state index is 12.8. The molecular weight excluding hydrogens is 694 g/mol. The van der Waals surface area contributed by atoms with E-state index in [1.807, 2.05) is 103 Å². The van der Waals surface area contributed by atoms with Crippen LogP contribution in [-0.2, 0) is 44.2 Å². The van der Waals surface area contributed by atoms with Crippen LogP contribution < -0.4 is 10.6 Å². The summed E-state index contributed by atoms with van der Waals surface area (Å²) in [5.41, 5.74) is 4.44. The van der Waals surface area contributed by atoms with Crippen molar-refractivity contribution in [2.75, 3.05) is 26.7 Å². The highest BCUT2D eigenvalue weighted by Crippen LogP contribution is 2.42. The van der Waals surface area contributed by atoms with Crippen LogP contribution in [-0.4, -0.2) is 66.0 Å². The number of hydrogen-bond donors (Lipinski definition) is 4. The number of nitrogens with one attached hydrogen (secondary N) is 2. The third-order valence-corrected chi connectivity index (χ3v) is 10.7. The summed E-state index contributed by atoms with van der Waals surface area (Å²) < 4.78 is 18.3. The number of hydrogen-bond acceptors (Lipinski definition) is 8. The summed E-state index contributed by atoms with van der Waals surface area (Å²) in [6.45, 7) is 4.47. The number of carbonyl (C=O) groups is 2. The molecule has 0 bridgehead atoms. The molecule has 0 radical (unpaired) electrons. The van der Waals surface area contributed by atoms with Gasteiger partial charge in [-0.25, -0.2) is 9.59 Å². The highest BCUT2D eigenvalue weighted by molar-refractivity contribution is 6.30. The van der Waals surface area contributed by atoms with Crippen LogP contribution in [0.15, 0.2) is 103 Å². The van der Waals surface area contributed by atoms with Crippen LogP contribution in [0.1, 0.15) is 65.5 Å². The van der Waals surface area contributed by atoms with Crippen molar-refractivity contribution >= 4 is 23.6 Å². The van der Waals surface area contributed by atoms with Crippen molar-refractivity contribution in [3.05, 3.63) is 142 Å². The minimum Gasteiger partial charge on any atom is -0.467 e. The molecular formula is C42H48ClN3O7. The number of benzene rings is 4. The molecule has 0 aliphatic carbocycles. The van der Waals surface area contributed by atoms with Crippen LogP contribution in [0.3, 0.4) is 0 Å². The minimum atomic E-state index is -0.898. The number of piperidine rings is 1. The number of carbonyl (C=O) groups excluding carboxylic acids is 2. The Kier molecular flexibility index (Phi) is 12.8. The van der Waals surface area contributed by atoms with Crippen LogP contribution in [0.4, 0.5) is 4.79 Å². The Balaban J connectivity index is 1.10. The second-order valence-electron chi connectivity index (χ2n) is 14.0. The van der Waals surface area contributed by atoms with Crippen LogP contribution >= 0.6 is 11.6 Å². The number of nitrogens with zero attached hydrogens (tertiary/aromatic N) is 1. The van der Waals surface area contributed by atoms with Crippen molar-refractivity contribution in [3.8, 4) is 0 Å². The first kappa shape index (κ1) is 38.4. The molecule has 5 atom stereocenters. The monoisotopic (exact) mass is 741 g/mol. The van der Waals surface area contributed by atoms with Gasteiger partial charge < -0.3 is 40.0 Å². The molecule has 2 saturated heterocycles. The Labute approximate surface area is 316 Å². The van der Waals surface area contributed by atoms with E-state index in [1.165, 1.54) is 7.11 Å². The minimum absolute atomic E-state index is 0.0148. The van der Waals surface area contributed by atoms with E-state index in [0.29, 0.717) is 30.8 Å². The average Bonchev–Trinajstić information content (AvgIpc) is 3.19. The van der Waals surface area contributed by atoms with E-state index < -0.39 is 29.9 Å². The smallest absolute Gasteiger partial charge is 0.328 e. The van der Waals surface area contributed by atoms with Gasteiger partial charge in [-0.05, 0) is 52.8 Å². The number of aliphatic hydroxyl groups is 2. The number of rotatable bonds is 12. The zero-order valence-corrected chi connectivity index (χ0v) is 30.9. The highest BCUT2D eigenvalue weighted by atomic mass is 35.5. The van der Waals surface area contributed by atoms with Gasteiger partial charge in [0.25, 0.3) is 0 Å². The number of amides is 2. The van der Waals surface area contributed by atoms with E-state index in [4.69, 9.17) is 25.8 Å². The summed E-state index contributed by atoms with van der Waals surface area (Å²) in [7, 11) is 1.30. The van der Waals surface area contributed by atoms with E-state index >= 15 is 0 Å². The molecule has 11 heteroatoms. The lowest BCUT2D eigenvalue weighted by molar-refractivity contribution is -0.277. The third kappa shape index (κ3) is 9.83. The molecule has 2 aliphatic rings. The van der Waals surface area contributed by atoms with Crippen LogP contribution in [0, 0.1) is 5.92 Å². The number of esters is 1. The summed E-state index contributed by atoms with van der Waals surface area (Å²) in [6, 6.07) is 31.2. The highest BCUT2D eigenvalue weighted by Gasteiger charge is 2.41.